The van der Waals surface area contributed by atoms with Crippen molar-refractivity contribution in [1.82, 2.24) is 0 Å². The van der Waals surface area contributed by atoms with Gasteiger partial charge in [0.05, 0.1) is 0 Å². The molecule has 0 bridgehead atoms. The van der Waals surface area contributed by atoms with Gasteiger partial charge in [-0.3, -0.25) is 0 Å². The summed E-state index contributed by atoms with van der Waals surface area (Å²) in [6, 6.07) is 8.31. The van der Waals surface area contributed by atoms with E-state index in [4.69, 9.17) is 0 Å². The minimum atomic E-state index is 0. The van der Waals surface area contributed by atoms with Gasteiger partial charge in [-0.2, -0.15) is 38.5 Å². The summed E-state index contributed by atoms with van der Waals surface area (Å²) < 4.78 is 0. The van der Waals surface area contributed by atoms with Crippen molar-refractivity contribution in [1.29, 1.82) is 0 Å². The molecule has 1 heteroatoms. The van der Waals surface area contributed by atoms with Crippen molar-refractivity contribution in [2.24, 2.45) is 0 Å². The van der Waals surface area contributed by atoms with Gasteiger partial charge in [-0.25, -0.2) is 0 Å². The maximum Gasteiger partial charge on any atom is 1.00 e. The molecule has 0 aliphatic heterocycles. The summed E-state index contributed by atoms with van der Waals surface area (Å²) in [5.41, 5.74) is 2.47. The molecule has 0 saturated heterocycles. The monoisotopic (exact) mass is 185 g/mol. The standard InChI is InChI=1S/C9H11.C3H7.Na/c1-3-9-6-4-8(2)5-7-9;1-3-2;/h4-7H,2-3H2,1H3;3H,1-2H3;/q2*-1;+1. The van der Waals surface area contributed by atoms with Crippen molar-refractivity contribution in [2.45, 2.75) is 27.2 Å². The van der Waals surface area contributed by atoms with E-state index in [1.807, 2.05) is 32.4 Å². The van der Waals surface area contributed by atoms with Crippen LogP contribution >= 0.6 is 0 Å². The summed E-state index contributed by atoms with van der Waals surface area (Å²) in [4.78, 5) is 0. The van der Waals surface area contributed by atoms with Crippen LogP contribution in [0.3, 0.4) is 0 Å². The fourth-order valence-corrected chi connectivity index (χ4v) is 0.775. The Morgan fingerprint density at radius 3 is 1.85 bits per heavy atom. The van der Waals surface area contributed by atoms with Crippen molar-refractivity contribution in [2.75, 3.05) is 0 Å². The molecule has 1 rings (SSSR count). The van der Waals surface area contributed by atoms with E-state index in [1.165, 1.54) is 5.56 Å². The van der Waals surface area contributed by atoms with Gasteiger partial charge in [-0.15, -0.1) is 12.1 Å². The first-order valence-corrected chi connectivity index (χ1v) is 4.39. The average molecular weight is 185 g/mol. The maximum atomic E-state index is 3.80. The zero-order chi connectivity index (χ0) is 9.40. The summed E-state index contributed by atoms with van der Waals surface area (Å²) in [6.45, 7) is 9.95. The van der Waals surface area contributed by atoms with Crippen molar-refractivity contribution in [3.05, 3.63) is 48.7 Å². The summed E-state index contributed by atoms with van der Waals surface area (Å²) in [5.74, 6) is 0. The van der Waals surface area contributed by atoms with Crippen LogP contribution in [0, 0.1) is 13.3 Å². The third-order valence-corrected chi connectivity index (χ3v) is 1.43. The van der Waals surface area contributed by atoms with Gasteiger partial charge in [-0.1, -0.05) is 12.5 Å². The molecule has 0 aliphatic rings. The summed E-state index contributed by atoms with van der Waals surface area (Å²) in [5, 5.41) is 0. The van der Waals surface area contributed by atoms with Crippen LogP contribution in [0.1, 0.15) is 31.9 Å². The van der Waals surface area contributed by atoms with Crippen molar-refractivity contribution in [3.63, 3.8) is 0 Å². The molecule has 0 unspecified atom stereocenters. The number of rotatable bonds is 1. The van der Waals surface area contributed by atoms with E-state index in [0.717, 1.165) is 12.0 Å². The van der Waals surface area contributed by atoms with E-state index in [2.05, 4.69) is 26.0 Å². The fraction of sp³-hybridized carbons (Fsp3) is 0.333. The van der Waals surface area contributed by atoms with Crippen LogP contribution in [0.25, 0.3) is 0 Å². The summed E-state index contributed by atoms with van der Waals surface area (Å²) >= 11 is 0. The molecule has 0 radical (unpaired) electrons. The van der Waals surface area contributed by atoms with Crippen LogP contribution in [-0.2, 0) is 6.42 Å². The number of aryl methyl sites for hydroxylation is 1. The van der Waals surface area contributed by atoms with E-state index in [-0.39, 0.29) is 29.6 Å². The Morgan fingerprint density at radius 1 is 1.15 bits per heavy atom. The van der Waals surface area contributed by atoms with Crippen LogP contribution in [0.5, 0.6) is 0 Å². The molecule has 0 N–H and O–H groups in total. The Bertz CT molecular complexity index is 189. The predicted octanol–water partition coefficient (Wildman–Crippen LogP) is 0.666. The summed E-state index contributed by atoms with van der Waals surface area (Å²) in [7, 11) is 0. The molecule has 0 spiro atoms. The Labute approximate surface area is 105 Å². The van der Waals surface area contributed by atoms with Gasteiger partial charge in [-0.05, 0) is 6.42 Å². The van der Waals surface area contributed by atoms with E-state index in [9.17, 15) is 0 Å². The topological polar surface area (TPSA) is 0 Å². The van der Waals surface area contributed by atoms with Crippen molar-refractivity contribution < 1.29 is 29.6 Å². The largest absolute Gasteiger partial charge is 1.00 e. The van der Waals surface area contributed by atoms with Crippen LogP contribution in [0.2, 0.25) is 0 Å². The van der Waals surface area contributed by atoms with E-state index >= 15 is 0 Å². The molecule has 1 aromatic carbocycles. The zero-order valence-electron chi connectivity index (χ0n) is 9.30. The van der Waals surface area contributed by atoms with Gasteiger partial charge in [0.25, 0.3) is 0 Å². The van der Waals surface area contributed by atoms with E-state index in [1.54, 1.807) is 0 Å². The summed E-state index contributed by atoms with van der Waals surface area (Å²) in [6.07, 6.45) is 3.11. The van der Waals surface area contributed by atoms with Gasteiger partial charge in [0.2, 0.25) is 0 Å². The first-order valence-electron chi connectivity index (χ1n) is 4.39. The molecular formula is C12H18Na-. The first-order chi connectivity index (χ1) is 5.74. The van der Waals surface area contributed by atoms with Crippen molar-refractivity contribution in [3.8, 4) is 0 Å². The zero-order valence-corrected chi connectivity index (χ0v) is 11.3. The molecule has 0 fully saturated rings. The molecule has 0 aliphatic carbocycles. The molecule has 0 saturated carbocycles. The smallest absolute Gasteiger partial charge is 0.335 e. The molecule has 0 atom stereocenters. The van der Waals surface area contributed by atoms with Crippen LogP contribution in [0.4, 0.5) is 0 Å². The van der Waals surface area contributed by atoms with Gasteiger partial charge in [0, 0.05) is 0 Å². The Balaban J connectivity index is 0. The SMILES string of the molecule is C[CH-]C.[CH2-]c1ccc(CC)cc1.[Na+]. The van der Waals surface area contributed by atoms with Gasteiger partial charge in [0.15, 0.2) is 0 Å². The second-order valence-electron chi connectivity index (χ2n) is 2.75. The Hall–Kier alpha value is 0.0900. The van der Waals surface area contributed by atoms with Crippen LogP contribution in [-0.4, -0.2) is 0 Å². The molecule has 13 heavy (non-hydrogen) atoms. The van der Waals surface area contributed by atoms with Crippen LogP contribution in [0.15, 0.2) is 24.3 Å². The number of hydrogen-bond acceptors (Lipinski definition) is 0. The van der Waals surface area contributed by atoms with E-state index < -0.39 is 0 Å². The molecule has 0 aromatic heterocycles. The fourth-order valence-electron chi connectivity index (χ4n) is 0.775. The van der Waals surface area contributed by atoms with Gasteiger partial charge in [0.1, 0.15) is 0 Å². The second-order valence-corrected chi connectivity index (χ2v) is 2.75. The molecule has 0 nitrogen and oxygen atoms in total. The third-order valence-electron chi connectivity index (χ3n) is 1.43. The molecule has 1 aromatic rings. The average Bonchev–Trinajstić information content (AvgIpc) is 2.07. The minimum Gasteiger partial charge on any atom is -0.335 e. The van der Waals surface area contributed by atoms with Gasteiger partial charge < -0.3 is 6.42 Å². The second kappa shape index (κ2) is 10.2. The normalized spacial score (nSPS) is 7.92. The maximum absolute atomic E-state index is 3.80. The third kappa shape index (κ3) is 8.42. The quantitative estimate of drug-likeness (QED) is 0.445. The molecular weight excluding hydrogens is 167 g/mol. The van der Waals surface area contributed by atoms with E-state index in [0.29, 0.717) is 0 Å². The predicted molar refractivity (Wildman–Crippen MR) is 55.9 cm³/mol. The first kappa shape index (κ1) is 15.6. The number of benzene rings is 1. The Kier molecular flexibility index (Phi) is 12.2. The van der Waals surface area contributed by atoms with Crippen LogP contribution < -0.4 is 29.6 Å². The van der Waals surface area contributed by atoms with Crippen molar-refractivity contribution >= 4 is 0 Å². The van der Waals surface area contributed by atoms with Gasteiger partial charge >= 0.3 is 29.6 Å². The Morgan fingerprint density at radius 2 is 1.54 bits per heavy atom. The molecule has 68 valence electrons. The number of hydrogen-bond donors (Lipinski definition) is 0. The minimum absolute atomic E-state index is 0. The molecule has 0 amide bonds. The molecule has 0 heterocycles.